The number of benzene rings is 2. The van der Waals surface area contributed by atoms with Crippen LogP contribution in [0.1, 0.15) is 22.7 Å². The summed E-state index contributed by atoms with van der Waals surface area (Å²) in [5, 5.41) is 7.35. The van der Waals surface area contributed by atoms with Crippen LogP contribution in [-0.4, -0.2) is 34.5 Å². The van der Waals surface area contributed by atoms with Gasteiger partial charge in [-0.05, 0) is 18.6 Å². The van der Waals surface area contributed by atoms with E-state index in [0.717, 1.165) is 34.0 Å². The van der Waals surface area contributed by atoms with E-state index in [4.69, 9.17) is 16.1 Å². The molecular formula is C23H20ClN3O2S. The van der Waals surface area contributed by atoms with E-state index >= 15 is 0 Å². The molecule has 0 aliphatic rings. The molecule has 0 fully saturated rings. The number of carbonyl (C=O) groups is 1. The minimum absolute atomic E-state index is 0.0953. The number of hydrogen-bond acceptors (Lipinski definition) is 5. The van der Waals surface area contributed by atoms with E-state index in [1.165, 1.54) is 11.3 Å². The van der Waals surface area contributed by atoms with Gasteiger partial charge in [-0.2, -0.15) is 0 Å². The van der Waals surface area contributed by atoms with Crippen molar-refractivity contribution in [3.63, 3.8) is 0 Å². The van der Waals surface area contributed by atoms with Crippen molar-refractivity contribution in [3.8, 4) is 21.8 Å². The number of thiazole rings is 1. The Labute approximate surface area is 183 Å². The van der Waals surface area contributed by atoms with Crippen molar-refractivity contribution in [3.05, 3.63) is 82.5 Å². The average Bonchev–Trinajstić information content (AvgIpc) is 3.44. The van der Waals surface area contributed by atoms with Crippen LogP contribution >= 0.6 is 22.9 Å². The summed E-state index contributed by atoms with van der Waals surface area (Å²) in [7, 11) is 1.79. The highest BCUT2D eigenvalue weighted by Crippen LogP contribution is 2.26. The fraction of sp³-hybridized carbons (Fsp3) is 0.174. The largest absolute Gasteiger partial charge is 0.361 e. The molecule has 0 aliphatic heterocycles. The van der Waals surface area contributed by atoms with Gasteiger partial charge in [-0.25, -0.2) is 4.98 Å². The van der Waals surface area contributed by atoms with Crippen molar-refractivity contribution in [1.82, 2.24) is 15.0 Å². The van der Waals surface area contributed by atoms with Crippen molar-refractivity contribution < 1.29 is 9.32 Å². The van der Waals surface area contributed by atoms with E-state index in [0.29, 0.717) is 23.7 Å². The standard InChI is InChI=1S/C23H20ClN3O2S/c1-27(12-6-11-19-14-20(26-29-19)16-7-3-2-4-8-16)23(28)21-15-30-22(25-21)17-9-5-10-18(24)13-17/h2-5,7-10,13-15H,6,11-12H2,1H3. The summed E-state index contributed by atoms with van der Waals surface area (Å²) in [4.78, 5) is 18.9. The van der Waals surface area contributed by atoms with Crippen LogP contribution in [0, 0.1) is 0 Å². The molecule has 0 spiro atoms. The van der Waals surface area contributed by atoms with Gasteiger partial charge in [0.2, 0.25) is 0 Å². The SMILES string of the molecule is CN(CCCc1cc(-c2ccccc2)no1)C(=O)c1csc(-c2cccc(Cl)c2)n1. The van der Waals surface area contributed by atoms with Crippen LogP contribution in [0.25, 0.3) is 21.8 Å². The lowest BCUT2D eigenvalue weighted by Crippen LogP contribution is -2.28. The lowest BCUT2D eigenvalue weighted by molar-refractivity contribution is 0.0788. The molecule has 0 saturated heterocycles. The first-order valence-corrected chi connectivity index (χ1v) is 10.8. The number of nitrogens with zero attached hydrogens (tertiary/aromatic N) is 3. The molecule has 4 rings (SSSR count). The number of hydrogen-bond donors (Lipinski definition) is 0. The van der Waals surface area contributed by atoms with Gasteiger partial charge >= 0.3 is 0 Å². The molecule has 0 atom stereocenters. The van der Waals surface area contributed by atoms with Gasteiger partial charge in [-0.3, -0.25) is 4.79 Å². The fourth-order valence-corrected chi connectivity index (χ4v) is 4.07. The molecule has 5 nitrogen and oxygen atoms in total. The molecule has 0 radical (unpaired) electrons. The van der Waals surface area contributed by atoms with E-state index in [-0.39, 0.29) is 5.91 Å². The Balaban J connectivity index is 1.32. The first-order valence-electron chi connectivity index (χ1n) is 9.58. The van der Waals surface area contributed by atoms with Gasteiger partial charge < -0.3 is 9.42 Å². The number of carbonyl (C=O) groups excluding carboxylic acids is 1. The fourth-order valence-electron chi connectivity index (χ4n) is 3.09. The van der Waals surface area contributed by atoms with Gasteiger partial charge in [0.05, 0.1) is 0 Å². The molecule has 152 valence electrons. The maximum absolute atomic E-state index is 12.7. The molecular weight excluding hydrogens is 418 g/mol. The Morgan fingerprint density at radius 1 is 1.10 bits per heavy atom. The van der Waals surface area contributed by atoms with Gasteiger partial charge in [0.15, 0.2) is 0 Å². The molecule has 2 aromatic carbocycles. The van der Waals surface area contributed by atoms with Crippen LogP contribution in [0.15, 0.2) is 70.6 Å². The average molecular weight is 438 g/mol. The summed E-state index contributed by atoms with van der Waals surface area (Å²) in [6, 6.07) is 19.3. The van der Waals surface area contributed by atoms with Gasteiger partial charge in [-0.1, -0.05) is 59.2 Å². The van der Waals surface area contributed by atoms with Crippen LogP contribution in [0.4, 0.5) is 0 Å². The Morgan fingerprint density at radius 2 is 1.90 bits per heavy atom. The van der Waals surface area contributed by atoms with Crippen molar-refractivity contribution >= 4 is 28.8 Å². The van der Waals surface area contributed by atoms with Gasteiger partial charge in [0.25, 0.3) is 5.91 Å². The van der Waals surface area contributed by atoms with Crippen molar-refractivity contribution in [2.75, 3.05) is 13.6 Å². The van der Waals surface area contributed by atoms with E-state index in [2.05, 4.69) is 10.1 Å². The Hall–Kier alpha value is -2.96. The minimum Gasteiger partial charge on any atom is -0.361 e. The quantitative estimate of drug-likeness (QED) is 0.365. The summed E-state index contributed by atoms with van der Waals surface area (Å²) in [6.45, 7) is 0.601. The van der Waals surface area contributed by atoms with E-state index in [1.54, 1.807) is 17.3 Å². The maximum atomic E-state index is 12.7. The van der Waals surface area contributed by atoms with E-state index in [9.17, 15) is 4.79 Å². The molecule has 0 bridgehead atoms. The molecule has 0 N–H and O–H groups in total. The second-order valence-corrected chi connectivity index (χ2v) is 8.22. The summed E-state index contributed by atoms with van der Waals surface area (Å²) < 4.78 is 5.43. The smallest absolute Gasteiger partial charge is 0.273 e. The zero-order valence-corrected chi connectivity index (χ0v) is 18.0. The monoisotopic (exact) mass is 437 g/mol. The number of amides is 1. The molecule has 4 aromatic rings. The predicted octanol–water partition coefficient (Wildman–Crippen LogP) is 5.82. The normalized spacial score (nSPS) is 10.9. The van der Waals surface area contributed by atoms with Gasteiger partial charge in [0, 0.05) is 47.6 Å². The van der Waals surface area contributed by atoms with Crippen LogP contribution in [0.3, 0.4) is 0 Å². The van der Waals surface area contributed by atoms with Crippen molar-refractivity contribution in [2.45, 2.75) is 12.8 Å². The topological polar surface area (TPSA) is 59.2 Å². The lowest BCUT2D eigenvalue weighted by Gasteiger charge is -2.15. The van der Waals surface area contributed by atoms with Crippen LogP contribution in [0.5, 0.6) is 0 Å². The number of rotatable bonds is 7. The van der Waals surface area contributed by atoms with Crippen LogP contribution in [-0.2, 0) is 6.42 Å². The Morgan fingerprint density at radius 3 is 2.70 bits per heavy atom. The number of halogens is 1. The molecule has 2 heterocycles. The van der Waals surface area contributed by atoms with Crippen LogP contribution in [0.2, 0.25) is 5.02 Å². The van der Waals surface area contributed by atoms with E-state index < -0.39 is 0 Å². The second kappa shape index (κ2) is 9.24. The third-order valence-electron chi connectivity index (χ3n) is 4.69. The summed E-state index contributed by atoms with van der Waals surface area (Å²) in [5.74, 6) is 0.716. The zero-order valence-electron chi connectivity index (χ0n) is 16.4. The molecule has 7 heteroatoms. The Kier molecular flexibility index (Phi) is 6.26. The van der Waals surface area contributed by atoms with Crippen molar-refractivity contribution in [2.24, 2.45) is 0 Å². The van der Waals surface area contributed by atoms with Crippen molar-refractivity contribution in [1.29, 1.82) is 0 Å². The van der Waals surface area contributed by atoms with Crippen LogP contribution < -0.4 is 0 Å². The minimum atomic E-state index is -0.0953. The van der Waals surface area contributed by atoms with Gasteiger partial charge in [-0.15, -0.1) is 11.3 Å². The summed E-state index contributed by atoms with van der Waals surface area (Å²) >= 11 is 7.49. The lowest BCUT2D eigenvalue weighted by atomic mass is 10.1. The third-order valence-corrected chi connectivity index (χ3v) is 5.81. The highest BCUT2D eigenvalue weighted by atomic mass is 35.5. The number of aryl methyl sites for hydroxylation is 1. The maximum Gasteiger partial charge on any atom is 0.273 e. The molecule has 30 heavy (non-hydrogen) atoms. The molecule has 0 unspecified atom stereocenters. The first kappa shape index (κ1) is 20.3. The Bertz CT molecular complexity index is 1140. The predicted molar refractivity (Wildman–Crippen MR) is 120 cm³/mol. The molecule has 2 aromatic heterocycles. The van der Waals surface area contributed by atoms with E-state index in [1.807, 2.05) is 60.7 Å². The molecule has 0 aliphatic carbocycles. The van der Waals surface area contributed by atoms with Gasteiger partial charge in [0.1, 0.15) is 22.2 Å². The molecule has 1 amide bonds. The second-order valence-electron chi connectivity index (χ2n) is 6.92. The third kappa shape index (κ3) is 4.78. The summed E-state index contributed by atoms with van der Waals surface area (Å²) in [5.41, 5.74) is 3.21. The highest BCUT2D eigenvalue weighted by molar-refractivity contribution is 7.13. The first-order chi connectivity index (χ1) is 14.6. The number of aromatic nitrogens is 2. The zero-order chi connectivity index (χ0) is 20.9. The molecule has 0 saturated carbocycles. The summed E-state index contributed by atoms with van der Waals surface area (Å²) in [6.07, 6.45) is 1.49. The highest BCUT2D eigenvalue weighted by Gasteiger charge is 2.16.